The van der Waals surface area contributed by atoms with Crippen LogP contribution in [0.15, 0.2) is 95.0 Å². The zero-order valence-electron chi connectivity index (χ0n) is 27.2. The number of aromatic nitrogens is 4. The van der Waals surface area contributed by atoms with Gasteiger partial charge in [-0.15, -0.1) is 10.2 Å². The number of sulfonamides is 1. The summed E-state index contributed by atoms with van der Waals surface area (Å²) in [5.41, 5.74) is 4.47. The van der Waals surface area contributed by atoms with Crippen molar-refractivity contribution < 1.29 is 27.4 Å². The third-order valence-electron chi connectivity index (χ3n) is 8.90. The third-order valence-corrected chi connectivity index (χ3v) is 11.8. The fraction of sp³-hybridized carbons (Fsp3) is 0.250. The summed E-state index contributed by atoms with van der Waals surface area (Å²) in [5.74, 6) is 1.68. The Kier molecular flexibility index (Phi) is 8.69. The quantitative estimate of drug-likeness (QED) is 0.181. The van der Waals surface area contributed by atoms with Gasteiger partial charge in [0.2, 0.25) is 22.7 Å². The molecule has 0 spiro atoms. The molecule has 6 aromatic rings. The Hall–Kier alpha value is -4.89. The van der Waals surface area contributed by atoms with Crippen LogP contribution in [0.1, 0.15) is 12.5 Å². The number of hydrogen-bond donors (Lipinski definition) is 1. The van der Waals surface area contributed by atoms with Crippen molar-refractivity contribution in [3.63, 3.8) is 0 Å². The molecule has 2 aliphatic heterocycles. The number of amides is 1. The highest BCUT2D eigenvalue weighted by atomic mass is 32.2. The second-order valence-electron chi connectivity index (χ2n) is 12.0. The second kappa shape index (κ2) is 13.4. The lowest BCUT2D eigenvalue weighted by atomic mass is 10.1. The standard InChI is InChI=1S/C36H34N6O6S2/c1-2-41-30-9-4-3-8-28(30)29-20-26(11-12-31(29)41)37-34(43)22-49-36-39-38-35(42(36)21-24-10-13-32-33(18-24)48-23-47-32)25-6-5-7-27(19-25)50(44,45)40-14-16-46-17-15-40/h3-13,18-20H,2,14-17,21-23H2,1H3,(H,37,43). The maximum absolute atomic E-state index is 13.5. The Balaban J connectivity index is 1.07. The van der Waals surface area contributed by atoms with E-state index < -0.39 is 10.0 Å². The first-order valence-electron chi connectivity index (χ1n) is 16.3. The van der Waals surface area contributed by atoms with Crippen molar-refractivity contribution in [3.8, 4) is 22.9 Å². The number of aryl methyl sites for hydroxylation is 1. The zero-order chi connectivity index (χ0) is 34.2. The van der Waals surface area contributed by atoms with Crippen LogP contribution in [0.25, 0.3) is 33.2 Å². The maximum Gasteiger partial charge on any atom is 0.243 e. The first-order chi connectivity index (χ1) is 24.4. The predicted octanol–water partition coefficient (Wildman–Crippen LogP) is 5.60. The van der Waals surface area contributed by atoms with Crippen LogP contribution in [-0.2, 0) is 32.6 Å². The summed E-state index contributed by atoms with van der Waals surface area (Å²) in [7, 11) is -3.74. The Bertz CT molecular complexity index is 2350. The van der Waals surface area contributed by atoms with E-state index in [0.717, 1.165) is 33.9 Å². The lowest BCUT2D eigenvalue weighted by Gasteiger charge is -2.26. The number of morpholine rings is 1. The average Bonchev–Trinajstić information content (AvgIpc) is 3.86. The lowest BCUT2D eigenvalue weighted by molar-refractivity contribution is -0.113. The molecule has 12 nitrogen and oxygen atoms in total. The highest BCUT2D eigenvalue weighted by molar-refractivity contribution is 7.99. The van der Waals surface area contributed by atoms with Gasteiger partial charge in [0.25, 0.3) is 0 Å². The van der Waals surface area contributed by atoms with E-state index in [1.807, 2.05) is 59.2 Å². The van der Waals surface area contributed by atoms with Gasteiger partial charge in [-0.05, 0) is 61.0 Å². The summed E-state index contributed by atoms with van der Waals surface area (Å²) >= 11 is 1.26. The topological polar surface area (TPSA) is 130 Å². The maximum atomic E-state index is 13.5. The average molecular weight is 711 g/mol. The number of thioether (sulfide) groups is 1. The molecule has 256 valence electrons. The van der Waals surface area contributed by atoms with Crippen molar-refractivity contribution in [2.45, 2.75) is 30.1 Å². The van der Waals surface area contributed by atoms with Crippen molar-refractivity contribution in [1.29, 1.82) is 0 Å². The molecule has 8 rings (SSSR count). The van der Waals surface area contributed by atoms with Gasteiger partial charge < -0.3 is 24.1 Å². The van der Waals surface area contributed by atoms with Crippen molar-refractivity contribution in [2.24, 2.45) is 0 Å². The number of anilines is 1. The first kappa shape index (κ1) is 32.3. The molecule has 0 aliphatic carbocycles. The van der Waals surface area contributed by atoms with Crippen LogP contribution in [0.3, 0.4) is 0 Å². The van der Waals surface area contributed by atoms with E-state index >= 15 is 0 Å². The molecule has 14 heteroatoms. The van der Waals surface area contributed by atoms with Crippen LogP contribution in [0.2, 0.25) is 0 Å². The Morgan fingerprint density at radius 3 is 2.54 bits per heavy atom. The zero-order valence-corrected chi connectivity index (χ0v) is 28.9. The van der Waals surface area contributed by atoms with E-state index in [9.17, 15) is 13.2 Å². The van der Waals surface area contributed by atoms with Crippen molar-refractivity contribution in [1.82, 2.24) is 23.6 Å². The minimum Gasteiger partial charge on any atom is -0.454 e. The summed E-state index contributed by atoms with van der Waals surface area (Å²) in [6, 6.07) is 26.7. The number of hydrogen-bond acceptors (Lipinski definition) is 9. The first-order valence-corrected chi connectivity index (χ1v) is 18.8. The molecular weight excluding hydrogens is 677 g/mol. The van der Waals surface area contributed by atoms with E-state index in [2.05, 4.69) is 39.1 Å². The van der Waals surface area contributed by atoms with E-state index in [1.165, 1.54) is 16.1 Å². The molecule has 4 aromatic carbocycles. The Morgan fingerprint density at radius 2 is 1.68 bits per heavy atom. The minimum absolute atomic E-state index is 0.0828. The fourth-order valence-corrected chi connectivity index (χ4v) is 8.70. The molecule has 0 radical (unpaired) electrons. The SMILES string of the molecule is CCn1c2ccccc2c2cc(NC(=O)CSc3nnc(-c4cccc(S(=O)(=O)N5CCOCC5)c4)n3Cc3ccc4c(c3)OCO4)ccc21. The van der Waals surface area contributed by atoms with Crippen LogP contribution >= 0.6 is 11.8 Å². The van der Waals surface area contributed by atoms with Crippen LogP contribution in [0, 0.1) is 0 Å². The molecule has 2 aromatic heterocycles. The number of nitrogens with one attached hydrogen (secondary N) is 1. The Labute approximate surface area is 293 Å². The van der Waals surface area contributed by atoms with Gasteiger partial charge in [0, 0.05) is 52.7 Å². The monoisotopic (exact) mass is 710 g/mol. The van der Waals surface area contributed by atoms with E-state index in [4.69, 9.17) is 14.2 Å². The molecule has 4 heterocycles. The summed E-state index contributed by atoms with van der Waals surface area (Å²) in [6.45, 7) is 4.78. The van der Waals surface area contributed by atoms with Gasteiger partial charge in [-0.25, -0.2) is 8.42 Å². The largest absolute Gasteiger partial charge is 0.454 e. The minimum atomic E-state index is -3.74. The molecule has 50 heavy (non-hydrogen) atoms. The molecule has 0 bridgehead atoms. The van der Waals surface area contributed by atoms with Crippen LogP contribution in [-0.4, -0.2) is 76.8 Å². The number of carbonyl (C=O) groups is 1. The van der Waals surface area contributed by atoms with E-state index in [-0.39, 0.29) is 23.3 Å². The number of carbonyl (C=O) groups excluding carboxylic acids is 1. The molecule has 0 atom stereocenters. The lowest BCUT2D eigenvalue weighted by Crippen LogP contribution is -2.40. The van der Waals surface area contributed by atoms with Crippen molar-refractivity contribution in [2.75, 3.05) is 44.2 Å². The van der Waals surface area contributed by atoms with Crippen molar-refractivity contribution >= 4 is 55.2 Å². The molecule has 2 aliphatic rings. The molecular formula is C36H34N6O6S2. The van der Waals surface area contributed by atoms with Crippen LogP contribution in [0.5, 0.6) is 11.5 Å². The van der Waals surface area contributed by atoms with Crippen LogP contribution in [0.4, 0.5) is 5.69 Å². The second-order valence-corrected chi connectivity index (χ2v) is 14.8. The molecule has 1 amide bonds. The number of nitrogens with zero attached hydrogens (tertiary/aromatic N) is 5. The fourth-order valence-electron chi connectivity index (χ4n) is 6.50. The smallest absolute Gasteiger partial charge is 0.243 e. The Morgan fingerprint density at radius 1 is 0.860 bits per heavy atom. The molecule has 1 fully saturated rings. The van der Waals surface area contributed by atoms with Crippen molar-refractivity contribution in [3.05, 3.63) is 90.5 Å². The number of para-hydroxylation sites is 1. The van der Waals surface area contributed by atoms with Gasteiger partial charge in [0.1, 0.15) is 0 Å². The number of fused-ring (bicyclic) bond motifs is 4. The number of rotatable bonds is 10. The highest BCUT2D eigenvalue weighted by Crippen LogP contribution is 2.35. The van der Waals surface area contributed by atoms with Gasteiger partial charge >= 0.3 is 0 Å². The summed E-state index contributed by atoms with van der Waals surface area (Å²) in [4.78, 5) is 13.5. The predicted molar refractivity (Wildman–Crippen MR) is 191 cm³/mol. The summed E-state index contributed by atoms with van der Waals surface area (Å²) in [6.07, 6.45) is 0. The number of benzene rings is 4. The van der Waals surface area contributed by atoms with Gasteiger partial charge in [-0.1, -0.05) is 48.2 Å². The summed E-state index contributed by atoms with van der Waals surface area (Å²) in [5, 5.41) is 14.8. The highest BCUT2D eigenvalue weighted by Gasteiger charge is 2.27. The summed E-state index contributed by atoms with van der Waals surface area (Å²) < 4.78 is 49.0. The molecule has 1 saturated heterocycles. The van der Waals surface area contributed by atoms with E-state index in [1.54, 1.807) is 18.2 Å². The van der Waals surface area contributed by atoms with Gasteiger partial charge in [0.15, 0.2) is 22.5 Å². The normalized spacial score (nSPS) is 14.8. The number of ether oxygens (including phenoxy) is 3. The molecule has 0 unspecified atom stereocenters. The van der Waals surface area contributed by atoms with Gasteiger partial charge in [-0.2, -0.15) is 4.31 Å². The molecule has 0 saturated carbocycles. The van der Waals surface area contributed by atoms with E-state index in [0.29, 0.717) is 66.6 Å². The van der Waals surface area contributed by atoms with Gasteiger partial charge in [0.05, 0.1) is 30.4 Å². The van der Waals surface area contributed by atoms with Crippen LogP contribution < -0.4 is 14.8 Å². The molecule has 1 N–H and O–H groups in total. The third kappa shape index (κ3) is 6.08. The van der Waals surface area contributed by atoms with Gasteiger partial charge in [-0.3, -0.25) is 9.36 Å².